The molecule has 0 saturated heterocycles. The van der Waals surface area contributed by atoms with Crippen LogP contribution in [0.5, 0.6) is 0 Å². The summed E-state index contributed by atoms with van der Waals surface area (Å²) in [6, 6.07) is 4.08. The molecule has 0 aliphatic rings. The van der Waals surface area contributed by atoms with Gasteiger partial charge >= 0.3 is 0 Å². The fourth-order valence-corrected chi connectivity index (χ4v) is 0.859. The normalized spacial score (nSPS) is 9.42. The van der Waals surface area contributed by atoms with Crippen LogP contribution in [0.3, 0.4) is 0 Å². The number of hydrogen-bond donors (Lipinski definition) is 1. The van der Waals surface area contributed by atoms with Gasteiger partial charge in [-0.2, -0.15) is 0 Å². The molecule has 2 nitrogen and oxygen atoms in total. The van der Waals surface area contributed by atoms with Gasteiger partial charge in [0.15, 0.2) is 0 Å². The Balaban J connectivity index is 3.25. The predicted molar refractivity (Wildman–Crippen MR) is 45.0 cm³/mol. The van der Waals surface area contributed by atoms with E-state index in [2.05, 4.69) is 6.58 Å². The minimum absolute atomic E-state index is 0.104. The number of nitrogens with two attached hydrogens (primary N) is 1. The Kier molecular flexibility index (Phi) is 2.24. The Morgan fingerprint density at radius 3 is 2.75 bits per heavy atom. The summed E-state index contributed by atoms with van der Waals surface area (Å²) in [7, 11) is 0. The molecule has 1 amide bonds. The highest BCUT2D eigenvalue weighted by Crippen LogP contribution is 2.10. The first kappa shape index (κ1) is 8.46. The van der Waals surface area contributed by atoms with E-state index in [0.29, 0.717) is 5.56 Å². The van der Waals surface area contributed by atoms with Crippen LogP contribution in [0.1, 0.15) is 15.9 Å². The highest BCUT2D eigenvalue weighted by molar-refractivity contribution is 5.93. The fraction of sp³-hybridized carbons (Fsp3) is 0. The molecule has 0 aliphatic carbocycles. The molecule has 0 atom stereocenters. The van der Waals surface area contributed by atoms with Gasteiger partial charge in [-0.25, -0.2) is 4.39 Å². The smallest absolute Gasteiger partial charge is 0.251 e. The maximum Gasteiger partial charge on any atom is 0.251 e. The van der Waals surface area contributed by atoms with Gasteiger partial charge in [-0.15, -0.1) is 0 Å². The number of primary amides is 1. The van der Waals surface area contributed by atoms with Crippen LogP contribution in [0, 0.1) is 5.82 Å². The number of carbonyl (C=O) groups is 1. The zero-order chi connectivity index (χ0) is 9.14. The van der Waals surface area contributed by atoms with Crippen LogP contribution in [0.15, 0.2) is 24.8 Å². The van der Waals surface area contributed by atoms with Crippen LogP contribution in [0.4, 0.5) is 4.39 Å². The van der Waals surface area contributed by atoms with Crippen molar-refractivity contribution in [3.63, 3.8) is 0 Å². The average Bonchev–Trinajstić information content (AvgIpc) is 2.05. The van der Waals surface area contributed by atoms with Gasteiger partial charge in [0, 0.05) is 0 Å². The third kappa shape index (κ3) is 1.50. The number of rotatable bonds is 2. The first-order chi connectivity index (χ1) is 5.65. The van der Waals surface area contributed by atoms with Crippen LogP contribution in [0.2, 0.25) is 0 Å². The van der Waals surface area contributed by atoms with E-state index in [9.17, 15) is 9.18 Å². The second kappa shape index (κ2) is 3.17. The predicted octanol–water partition coefficient (Wildman–Crippen LogP) is 1.57. The SMILES string of the molecule is C=Cc1ccc(F)c(C(N)=O)c1. The third-order valence-corrected chi connectivity index (χ3v) is 1.49. The number of hydrogen-bond acceptors (Lipinski definition) is 1. The summed E-state index contributed by atoms with van der Waals surface area (Å²) in [5, 5.41) is 0. The molecule has 12 heavy (non-hydrogen) atoms. The van der Waals surface area contributed by atoms with E-state index in [-0.39, 0.29) is 5.56 Å². The van der Waals surface area contributed by atoms with E-state index in [1.807, 2.05) is 0 Å². The van der Waals surface area contributed by atoms with Gasteiger partial charge in [-0.1, -0.05) is 18.7 Å². The van der Waals surface area contributed by atoms with Gasteiger partial charge in [-0.3, -0.25) is 4.79 Å². The summed E-state index contributed by atoms with van der Waals surface area (Å²) in [6.07, 6.45) is 1.52. The summed E-state index contributed by atoms with van der Waals surface area (Å²) >= 11 is 0. The van der Waals surface area contributed by atoms with E-state index in [0.717, 1.165) is 0 Å². The molecule has 2 N–H and O–H groups in total. The Hall–Kier alpha value is -1.64. The Bertz CT molecular complexity index is 333. The summed E-state index contributed by atoms with van der Waals surface area (Å²) in [4.78, 5) is 10.6. The molecule has 0 spiro atoms. The summed E-state index contributed by atoms with van der Waals surface area (Å²) in [6.45, 7) is 3.49. The van der Waals surface area contributed by atoms with Gasteiger partial charge in [-0.05, 0) is 17.7 Å². The van der Waals surface area contributed by atoms with Crippen molar-refractivity contribution in [2.24, 2.45) is 5.73 Å². The number of benzene rings is 1. The summed E-state index contributed by atoms with van der Waals surface area (Å²) < 4.78 is 12.8. The Morgan fingerprint density at radius 1 is 1.58 bits per heavy atom. The molecule has 1 rings (SSSR count). The Morgan fingerprint density at radius 2 is 2.25 bits per heavy atom. The maximum atomic E-state index is 12.8. The van der Waals surface area contributed by atoms with Gasteiger partial charge in [0.05, 0.1) is 5.56 Å². The molecule has 3 heteroatoms. The highest BCUT2D eigenvalue weighted by atomic mass is 19.1. The lowest BCUT2D eigenvalue weighted by atomic mass is 10.1. The number of halogens is 1. The van der Waals surface area contributed by atoms with Crippen molar-refractivity contribution in [3.05, 3.63) is 41.7 Å². The largest absolute Gasteiger partial charge is 0.366 e. The maximum absolute atomic E-state index is 12.8. The van der Waals surface area contributed by atoms with Crippen molar-refractivity contribution in [2.45, 2.75) is 0 Å². The second-order valence-corrected chi connectivity index (χ2v) is 2.31. The number of carbonyl (C=O) groups excluding carboxylic acids is 1. The van der Waals surface area contributed by atoms with Crippen molar-refractivity contribution in [1.82, 2.24) is 0 Å². The molecule has 0 aromatic heterocycles. The minimum Gasteiger partial charge on any atom is -0.366 e. The molecule has 0 saturated carbocycles. The van der Waals surface area contributed by atoms with E-state index in [4.69, 9.17) is 5.73 Å². The molecule has 0 bridgehead atoms. The van der Waals surface area contributed by atoms with Gasteiger partial charge in [0.2, 0.25) is 0 Å². The minimum atomic E-state index is -0.767. The topological polar surface area (TPSA) is 43.1 Å². The molecule has 1 aromatic carbocycles. The monoisotopic (exact) mass is 165 g/mol. The third-order valence-electron chi connectivity index (χ3n) is 1.49. The van der Waals surface area contributed by atoms with Crippen molar-refractivity contribution < 1.29 is 9.18 Å². The quantitative estimate of drug-likeness (QED) is 0.710. The van der Waals surface area contributed by atoms with E-state index < -0.39 is 11.7 Å². The molecular weight excluding hydrogens is 157 g/mol. The molecule has 0 radical (unpaired) electrons. The molecule has 0 unspecified atom stereocenters. The van der Waals surface area contributed by atoms with Gasteiger partial charge in [0.25, 0.3) is 5.91 Å². The van der Waals surface area contributed by atoms with Crippen LogP contribution >= 0.6 is 0 Å². The summed E-state index contributed by atoms with van der Waals surface area (Å²) in [5.41, 5.74) is 5.49. The van der Waals surface area contributed by atoms with E-state index >= 15 is 0 Å². The highest BCUT2D eigenvalue weighted by Gasteiger charge is 2.06. The first-order valence-corrected chi connectivity index (χ1v) is 3.37. The van der Waals surface area contributed by atoms with Crippen LogP contribution in [0.25, 0.3) is 6.08 Å². The van der Waals surface area contributed by atoms with Crippen LogP contribution < -0.4 is 5.73 Å². The molecular formula is C9H8FNO. The van der Waals surface area contributed by atoms with Crippen LogP contribution in [-0.2, 0) is 0 Å². The van der Waals surface area contributed by atoms with E-state index in [1.165, 1.54) is 24.3 Å². The number of amides is 1. The zero-order valence-electron chi connectivity index (χ0n) is 6.38. The van der Waals surface area contributed by atoms with E-state index in [1.54, 1.807) is 0 Å². The summed E-state index contributed by atoms with van der Waals surface area (Å²) in [5.74, 6) is -1.37. The van der Waals surface area contributed by atoms with Crippen LogP contribution in [-0.4, -0.2) is 5.91 Å². The Labute approximate surface area is 69.5 Å². The first-order valence-electron chi connectivity index (χ1n) is 3.37. The standard InChI is InChI=1S/C9H8FNO/c1-2-6-3-4-8(10)7(5-6)9(11)12/h2-5H,1H2,(H2,11,12). The lowest BCUT2D eigenvalue weighted by Gasteiger charge is -1.98. The molecule has 0 fully saturated rings. The zero-order valence-corrected chi connectivity index (χ0v) is 6.38. The van der Waals surface area contributed by atoms with Gasteiger partial charge in [0.1, 0.15) is 5.82 Å². The molecule has 0 heterocycles. The molecule has 62 valence electrons. The van der Waals surface area contributed by atoms with Crippen molar-refractivity contribution in [3.8, 4) is 0 Å². The van der Waals surface area contributed by atoms with Crippen molar-refractivity contribution in [2.75, 3.05) is 0 Å². The van der Waals surface area contributed by atoms with Crippen molar-refractivity contribution >= 4 is 12.0 Å². The lowest BCUT2D eigenvalue weighted by molar-refractivity contribution is 0.0996. The average molecular weight is 165 g/mol. The van der Waals surface area contributed by atoms with Crippen molar-refractivity contribution in [1.29, 1.82) is 0 Å². The fourth-order valence-electron chi connectivity index (χ4n) is 0.859. The van der Waals surface area contributed by atoms with Gasteiger partial charge < -0.3 is 5.73 Å². The molecule has 1 aromatic rings. The second-order valence-electron chi connectivity index (χ2n) is 2.31. The lowest BCUT2D eigenvalue weighted by Crippen LogP contribution is -2.13. The molecule has 0 aliphatic heterocycles.